The van der Waals surface area contributed by atoms with Gasteiger partial charge < -0.3 is 15.7 Å². The molecule has 1 aromatic carbocycles. The maximum absolute atomic E-state index is 11.9. The number of carbonyl (C=O) groups excluding carboxylic acids is 1. The quantitative estimate of drug-likeness (QED) is 0.790. The fraction of sp³-hybridized carbons (Fsp3) is 0.385. The van der Waals surface area contributed by atoms with Crippen molar-refractivity contribution in [1.82, 2.24) is 5.32 Å². The summed E-state index contributed by atoms with van der Waals surface area (Å²) in [7, 11) is 0. The lowest BCUT2D eigenvalue weighted by molar-refractivity contribution is -0.116. The Kier molecular flexibility index (Phi) is 4.39. The molecule has 1 aliphatic heterocycles. The fourth-order valence-electron chi connectivity index (χ4n) is 2.16. The van der Waals surface area contributed by atoms with Gasteiger partial charge in [0, 0.05) is 17.5 Å². The molecule has 1 fully saturated rings. The summed E-state index contributed by atoms with van der Waals surface area (Å²) in [4.78, 5) is 22.9. The molecule has 0 aliphatic carbocycles. The maximum atomic E-state index is 11.9. The number of benzene rings is 1. The summed E-state index contributed by atoms with van der Waals surface area (Å²) in [5, 5.41) is 15.3. The van der Waals surface area contributed by atoms with Gasteiger partial charge in [-0.2, -0.15) is 0 Å². The van der Waals surface area contributed by atoms with E-state index in [1.165, 1.54) is 18.2 Å². The Morgan fingerprint density at radius 2 is 2.26 bits per heavy atom. The Labute approximate surface area is 116 Å². The summed E-state index contributed by atoms with van der Waals surface area (Å²) in [6.07, 6.45) is 2.37. The van der Waals surface area contributed by atoms with Crippen molar-refractivity contribution in [2.75, 3.05) is 11.9 Å². The van der Waals surface area contributed by atoms with Gasteiger partial charge in [0.15, 0.2) is 0 Å². The molecule has 6 heteroatoms. The molecular formula is C13H15ClN2O3. The van der Waals surface area contributed by atoms with Crippen LogP contribution in [0.2, 0.25) is 5.02 Å². The predicted molar refractivity (Wildman–Crippen MR) is 72.7 cm³/mol. The standard InChI is InChI=1S/C13H15ClN2O3/c14-8-3-4-10(13(18)19)11(6-8)16-12(17)7-9-2-1-5-15-9/h3-4,6,9,15H,1-2,5,7H2,(H,16,17)(H,18,19). The summed E-state index contributed by atoms with van der Waals surface area (Å²) >= 11 is 5.82. The Balaban J connectivity index is 2.06. The van der Waals surface area contributed by atoms with Gasteiger partial charge in [0.2, 0.25) is 5.91 Å². The second-order valence-corrected chi connectivity index (χ2v) is 4.98. The molecule has 2 rings (SSSR count). The van der Waals surface area contributed by atoms with Gasteiger partial charge in [0.25, 0.3) is 0 Å². The van der Waals surface area contributed by atoms with Crippen molar-refractivity contribution in [3.8, 4) is 0 Å². The van der Waals surface area contributed by atoms with E-state index >= 15 is 0 Å². The summed E-state index contributed by atoms with van der Waals surface area (Å²) in [6.45, 7) is 0.926. The van der Waals surface area contributed by atoms with Gasteiger partial charge in [0.05, 0.1) is 11.3 Å². The third kappa shape index (κ3) is 3.68. The smallest absolute Gasteiger partial charge is 0.337 e. The van der Waals surface area contributed by atoms with Gasteiger partial charge in [0.1, 0.15) is 0 Å². The lowest BCUT2D eigenvalue weighted by Gasteiger charge is -2.12. The number of hydrogen-bond donors (Lipinski definition) is 3. The van der Waals surface area contributed by atoms with E-state index in [9.17, 15) is 9.59 Å². The molecule has 1 aromatic rings. The first-order valence-electron chi connectivity index (χ1n) is 6.12. The third-order valence-electron chi connectivity index (χ3n) is 3.08. The molecule has 1 saturated heterocycles. The Morgan fingerprint density at radius 1 is 1.47 bits per heavy atom. The van der Waals surface area contributed by atoms with Crippen LogP contribution in [0.3, 0.4) is 0 Å². The molecule has 3 N–H and O–H groups in total. The largest absolute Gasteiger partial charge is 0.478 e. The molecule has 1 amide bonds. The highest BCUT2D eigenvalue weighted by molar-refractivity contribution is 6.31. The molecule has 0 aromatic heterocycles. The van der Waals surface area contributed by atoms with Crippen LogP contribution in [0.25, 0.3) is 0 Å². The number of hydrogen-bond acceptors (Lipinski definition) is 3. The van der Waals surface area contributed by atoms with E-state index in [1.807, 2.05) is 0 Å². The molecule has 1 heterocycles. The van der Waals surface area contributed by atoms with Gasteiger partial charge in [-0.25, -0.2) is 4.79 Å². The van der Waals surface area contributed by atoms with E-state index in [2.05, 4.69) is 10.6 Å². The van der Waals surface area contributed by atoms with Gasteiger partial charge in [-0.1, -0.05) is 11.6 Å². The lowest BCUT2D eigenvalue weighted by atomic mass is 10.1. The number of nitrogens with one attached hydrogen (secondary N) is 2. The second kappa shape index (κ2) is 6.04. The number of aromatic carboxylic acids is 1. The minimum atomic E-state index is -1.09. The monoisotopic (exact) mass is 282 g/mol. The van der Waals surface area contributed by atoms with Crippen LogP contribution in [0.4, 0.5) is 5.69 Å². The number of rotatable bonds is 4. The minimum Gasteiger partial charge on any atom is -0.478 e. The molecule has 0 saturated carbocycles. The molecule has 0 radical (unpaired) electrons. The molecule has 1 unspecified atom stereocenters. The highest BCUT2D eigenvalue weighted by atomic mass is 35.5. The number of carboxylic acid groups (broad SMARTS) is 1. The molecular weight excluding hydrogens is 268 g/mol. The molecule has 5 nitrogen and oxygen atoms in total. The fourth-order valence-corrected chi connectivity index (χ4v) is 2.33. The van der Waals surface area contributed by atoms with Gasteiger partial charge in [-0.15, -0.1) is 0 Å². The molecule has 19 heavy (non-hydrogen) atoms. The molecule has 102 valence electrons. The van der Waals surface area contributed by atoms with Gasteiger partial charge in [-0.05, 0) is 37.6 Å². The zero-order valence-corrected chi connectivity index (χ0v) is 11.0. The number of carboxylic acids is 1. The number of amides is 1. The third-order valence-corrected chi connectivity index (χ3v) is 3.32. The summed E-state index contributed by atoms with van der Waals surface area (Å²) in [6, 6.07) is 4.49. The van der Waals surface area contributed by atoms with Crippen molar-refractivity contribution in [1.29, 1.82) is 0 Å². The van der Waals surface area contributed by atoms with Crippen LogP contribution in [0.1, 0.15) is 29.6 Å². The van der Waals surface area contributed by atoms with Crippen LogP contribution >= 0.6 is 11.6 Å². The van der Waals surface area contributed by atoms with Crippen LogP contribution < -0.4 is 10.6 Å². The van der Waals surface area contributed by atoms with Crippen LogP contribution in [0, 0.1) is 0 Å². The average Bonchev–Trinajstić information content (AvgIpc) is 2.81. The first-order chi connectivity index (χ1) is 9.06. The molecule has 1 atom stereocenters. The van der Waals surface area contributed by atoms with Crippen LogP contribution in [-0.2, 0) is 4.79 Å². The minimum absolute atomic E-state index is 0.0390. The Morgan fingerprint density at radius 3 is 2.89 bits per heavy atom. The topological polar surface area (TPSA) is 78.4 Å². The molecule has 1 aliphatic rings. The van der Waals surface area contributed by atoms with Crippen molar-refractivity contribution in [2.45, 2.75) is 25.3 Å². The van der Waals surface area contributed by atoms with Crippen molar-refractivity contribution in [3.05, 3.63) is 28.8 Å². The highest BCUT2D eigenvalue weighted by Gasteiger charge is 2.19. The van der Waals surface area contributed by atoms with E-state index in [0.29, 0.717) is 11.4 Å². The van der Waals surface area contributed by atoms with Gasteiger partial charge in [-0.3, -0.25) is 4.79 Å². The van der Waals surface area contributed by atoms with Gasteiger partial charge >= 0.3 is 5.97 Å². The van der Waals surface area contributed by atoms with E-state index in [0.717, 1.165) is 19.4 Å². The number of anilines is 1. The Bertz CT molecular complexity index is 499. The summed E-state index contributed by atoms with van der Waals surface area (Å²) in [5.41, 5.74) is 0.278. The maximum Gasteiger partial charge on any atom is 0.337 e. The number of carbonyl (C=O) groups is 2. The van der Waals surface area contributed by atoms with E-state index in [1.54, 1.807) is 0 Å². The first-order valence-corrected chi connectivity index (χ1v) is 6.50. The molecule has 0 spiro atoms. The summed E-state index contributed by atoms with van der Waals surface area (Å²) in [5.74, 6) is -1.30. The van der Waals surface area contributed by atoms with Crippen molar-refractivity contribution in [2.24, 2.45) is 0 Å². The van der Waals surface area contributed by atoms with Crippen LogP contribution in [0.5, 0.6) is 0 Å². The van der Waals surface area contributed by atoms with Crippen molar-refractivity contribution in [3.63, 3.8) is 0 Å². The SMILES string of the molecule is O=C(CC1CCCN1)Nc1cc(Cl)ccc1C(=O)O. The van der Waals surface area contributed by atoms with Crippen molar-refractivity contribution >= 4 is 29.2 Å². The average molecular weight is 283 g/mol. The predicted octanol–water partition coefficient (Wildman–Crippen LogP) is 2.12. The van der Waals surface area contributed by atoms with E-state index in [-0.39, 0.29) is 23.2 Å². The summed E-state index contributed by atoms with van der Waals surface area (Å²) < 4.78 is 0. The van der Waals surface area contributed by atoms with E-state index < -0.39 is 5.97 Å². The lowest BCUT2D eigenvalue weighted by Crippen LogP contribution is -2.27. The number of halogens is 1. The first kappa shape index (κ1) is 13.8. The second-order valence-electron chi connectivity index (χ2n) is 4.54. The highest BCUT2D eigenvalue weighted by Crippen LogP contribution is 2.22. The zero-order valence-electron chi connectivity index (χ0n) is 10.3. The molecule has 0 bridgehead atoms. The van der Waals surface area contributed by atoms with Crippen molar-refractivity contribution < 1.29 is 14.7 Å². The zero-order chi connectivity index (χ0) is 13.8. The normalized spacial score (nSPS) is 18.3. The van der Waals surface area contributed by atoms with Crippen LogP contribution in [-0.4, -0.2) is 29.6 Å². The van der Waals surface area contributed by atoms with E-state index in [4.69, 9.17) is 16.7 Å². The van der Waals surface area contributed by atoms with Crippen LogP contribution in [0.15, 0.2) is 18.2 Å². The Hall–Kier alpha value is -1.59.